The van der Waals surface area contributed by atoms with E-state index in [9.17, 15) is 14.4 Å². The molecule has 1 aliphatic heterocycles. The van der Waals surface area contributed by atoms with Gasteiger partial charge in [-0.1, -0.05) is 53.8 Å². The van der Waals surface area contributed by atoms with E-state index >= 15 is 0 Å². The second-order valence-corrected chi connectivity index (χ2v) is 11.8. The van der Waals surface area contributed by atoms with Gasteiger partial charge in [-0.25, -0.2) is 14.6 Å². The summed E-state index contributed by atoms with van der Waals surface area (Å²) in [7, 11) is 0. The first-order valence-electron chi connectivity index (χ1n) is 15.1. The number of nitrogens with zero attached hydrogens (tertiary/aromatic N) is 2. The Morgan fingerprint density at radius 2 is 1.61 bits per heavy atom. The quantitative estimate of drug-likeness (QED) is 0.204. The molecule has 0 fully saturated rings. The van der Waals surface area contributed by atoms with Crippen molar-refractivity contribution in [1.82, 2.24) is 4.57 Å². The van der Waals surface area contributed by atoms with Crippen molar-refractivity contribution in [3.05, 3.63) is 126 Å². The van der Waals surface area contributed by atoms with Crippen LogP contribution >= 0.6 is 11.3 Å². The van der Waals surface area contributed by atoms with Gasteiger partial charge in [0.15, 0.2) is 4.80 Å². The first-order chi connectivity index (χ1) is 22.2. The number of hydrogen-bond donors (Lipinski definition) is 0. The van der Waals surface area contributed by atoms with E-state index in [1.165, 1.54) is 11.3 Å². The lowest BCUT2D eigenvalue weighted by Crippen LogP contribution is -2.40. The molecule has 238 valence electrons. The Hall–Kier alpha value is -4.96. The van der Waals surface area contributed by atoms with Crippen molar-refractivity contribution in [3.8, 4) is 11.5 Å². The molecule has 0 unspecified atom stereocenters. The fraction of sp³-hybridized carbons (Fsp3) is 0.278. The summed E-state index contributed by atoms with van der Waals surface area (Å²) >= 11 is 1.26. The van der Waals surface area contributed by atoms with Crippen LogP contribution in [0.2, 0.25) is 0 Å². The van der Waals surface area contributed by atoms with Crippen molar-refractivity contribution in [1.29, 1.82) is 0 Å². The summed E-state index contributed by atoms with van der Waals surface area (Å²) in [4.78, 5) is 44.3. The zero-order valence-electron chi connectivity index (χ0n) is 26.4. The zero-order valence-corrected chi connectivity index (χ0v) is 27.3. The molecular weight excluding hydrogens is 604 g/mol. The highest BCUT2D eigenvalue weighted by Gasteiger charge is 2.35. The number of thiazole rings is 1. The second kappa shape index (κ2) is 14.4. The molecular formula is C36H36N2O7S. The van der Waals surface area contributed by atoms with E-state index in [0.29, 0.717) is 56.4 Å². The third kappa shape index (κ3) is 7.13. The Labute approximate surface area is 271 Å². The predicted molar refractivity (Wildman–Crippen MR) is 176 cm³/mol. The van der Waals surface area contributed by atoms with Gasteiger partial charge >= 0.3 is 11.9 Å². The molecule has 0 N–H and O–H groups in total. The summed E-state index contributed by atoms with van der Waals surface area (Å²) in [5, 5.41) is 0. The second-order valence-electron chi connectivity index (χ2n) is 10.8. The molecule has 9 nitrogen and oxygen atoms in total. The highest BCUT2D eigenvalue weighted by molar-refractivity contribution is 7.07. The Morgan fingerprint density at radius 3 is 2.28 bits per heavy atom. The van der Waals surface area contributed by atoms with Crippen molar-refractivity contribution >= 4 is 29.4 Å². The van der Waals surface area contributed by atoms with E-state index in [4.69, 9.17) is 18.9 Å². The standard InChI is InChI=1S/C36H36N2O7S/c1-6-42-34(40)26-16-12-25(13-17-26)21-44-27-18-14-24(15-19-27)20-30-33(39)38-32(28-10-8-9-11-29(28)45-22(3)4)31(35(41)43-7-2)23(5)37-36(38)46-30/h8-20,22,32H,6-7,21H2,1-5H3/b30-20-/t32-/m0/s1. The number of fused-ring (bicyclic) bond motifs is 1. The molecule has 0 radical (unpaired) electrons. The SMILES string of the molecule is CCOC(=O)C1=C(C)N=c2s/c(=C\c3ccc(OCc4ccc(C(=O)OCC)cc4)cc3)c(=O)n2[C@H]1c1ccccc1OC(C)C. The first kappa shape index (κ1) is 32.4. The summed E-state index contributed by atoms with van der Waals surface area (Å²) in [6.07, 6.45) is 1.69. The van der Waals surface area contributed by atoms with Gasteiger partial charge in [-0.3, -0.25) is 9.36 Å². The van der Waals surface area contributed by atoms with Crippen molar-refractivity contribution in [2.45, 2.75) is 53.4 Å². The molecule has 46 heavy (non-hydrogen) atoms. The monoisotopic (exact) mass is 640 g/mol. The van der Waals surface area contributed by atoms with Crippen LogP contribution in [0.1, 0.15) is 67.7 Å². The topological polar surface area (TPSA) is 105 Å². The lowest BCUT2D eigenvalue weighted by Gasteiger charge is -2.26. The average molecular weight is 641 g/mol. The molecule has 0 aliphatic carbocycles. The molecule has 0 saturated carbocycles. The van der Waals surface area contributed by atoms with Gasteiger partial charge < -0.3 is 18.9 Å². The number of ether oxygens (including phenoxy) is 4. The fourth-order valence-corrected chi connectivity index (χ4v) is 6.13. The summed E-state index contributed by atoms with van der Waals surface area (Å²) in [5.74, 6) is 0.365. The van der Waals surface area contributed by atoms with Crippen molar-refractivity contribution in [2.75, 3.05) is 13.2 Å². The number of esters is 2. The van der Waals surface area contributed by atoms with Crippen LogP contribution in [0.5, 0.6) is 11.5 Å². The number of carbonyl (C=O) groups excluding carboxylic acids is 2. The number of carbonyl (C=O) groups is 2. The molecule has 2 heterocycles. The van der Waals surface area contributed by atoms with Crippen LogP contribution < -0.4 is 24.4 Å². The normalized spacial score (nSPS) is 14.5. The van der Waals surface area contributed by atoms with E-state index < -0.39 is 12.0 Å². The summed E-state index contributed by atoms with van der Waals surface area (Å²) in [6, 6.07) is 21.2. The predicted octanol–water partition coefficient (Wildman–Crippen LogP) is 5.34. The summed E-state index contributed by atoms with van der Waals surface area (Å²) in [6.45, 7) is 9.97. The van der Waals surface area contributed by atoms with Crippen LogP contribution in [0.15, 0.2) is 93.9 Å². The molecule has 4 aromatic rings. The number of rotatable bonds is 11. The summed E-state index contributed by atoms with van der Waals surface area (Å²) < 4.78 is 24.5. The molecule has 10 heteroatoms. The molecule has 1 aliphatic rings. The molecule has 1 atom stereocenters. The van der Waals surface area contributed by atoms with Crippen molar-refractivity contribution in [3.63, 3.8) is 0 Å². The van der Waals surface area contributed by atoms with Crippen LogP contribution in [0, 0.1) is 0 Å². The fourth-order valence-electron chi connectivity index (χ4n) is 5.08. The lowest BCUT2D eigenvalue weighted by molar-refractivity contribution is -0.139. The van der Waals surface area contributed by atoms with E-state index in [2.05, 4.69) is 4.99 Å². The van der Waals surface area contributed by atoms with Gasteiger partial charge in [0.2, 0.25) is 0 Å². The number of benzene rings is 3. The zero-order chi connectivity index (χ0) is 32.8. The van der Waals surface area contributed by atoms with Gasteiger partial charge in [0.05, 0.1) is 40.7 Å². The minimum Gasteiger partial charge on any atom is -0.491 e. The number of para-hydroxylation sites is 1. The third-order valence-corrected chi connectivity index (χ3v) is 8.12. The maximum atomic E-state index is 14.0. The molecule has 0 spiro atoms. The van der Waals surface area contributed by atoms with Crippen LogP contribution in [-0.4, -0.2) is 35.8 Å². The van der Waals surface area contributed by atoms with Gasteiger partial charge in [-0.2, -0.15) is 0 Å². The number of allylic oxidation sites excluding steroid dienone is 1. The van der Waals surface area contributed by atoms with E-state index in [-0.39, 0.29) is 24.2 Å². The van der Waals surface area contributed by atoms with Crippen LogP contribution in [0.3, 0.4) is 0 Å². The van der Waals surface area contributed by atoms with Gasteiger partial charge in [-0.05, 0) is 82.2 Å². The minimum absolute atomic E-state index is 0.114. The Balaban J connectivity index is 1.44. The molecule has 0 saturated heterocycles. The molecule has 0 amide bonds. The van der Waals surface area contributed by atoms with Crippen molar-refractivity contribution in [2.24, 2.45) is 4.99 Å². The van der Waals surface area contributed by atoms with Crippen LogP contribution in [-0.2, 0) is 20.9 Å². The highest BCUT2D eigenvalue weighted by Crippen LogP contribution is 2.36. The summed E-state index contributed by atoms with van der Waals surface area (Å²) in [5.41, 5.74) is 3.41. The van der Waals surface area contributed by atoms with E-state index in [1.54, 1.807) is 43.5 Å². The lowest BCUT2D eigenvalue weighted by atomic mass is 9.95. The maximum absolute atomic E-state index is 14.0. The van der Waals surface area contributed by atoms with Gasteiger partial charge in [0, 0.05) is 5.56 Å². The number of hydrogen-bond acceptors (Lipinski definition) is 9. The minimum atomic E-state index is -0.769. The Kier molecular flexibility index (Phi) is 10.2. The molecule has 0 bridgehead atoms. The van der Waals surface area contributed by atoms with Gasteiger partial charge in [-0.15, -0.1) is 0 Å². The van der Waals surface area contributed by atoms with E-state index in [1.807, 2.05) is 74.5 Å². The average Bonchev–Trinajstić information content (AvgIpc) is 3.34. The molecule has 5 rings (SSSR count). The largest absolute Gasteiger partial charge is 0.491 e. The third-order valence-electron chi connectivity index (χ3n) is 7.14. The van der Waals surface area contributed by atoms with Crippen molar-refractivity contribution < 1.29 is 28.5 Å². The Morgan fingerprint density at radius 1 is 0.935 bits per heavy atom. The Bertz CT molecular complexity index is 1940. The molecule has 3 aromatic carbocycles. The maximum Gasteiger partial charge on any atom is 0.338 e. The van der Waals surface area contributed by atoms with Crippen LogP contribution in [0.25, 0.3) is 6.08 Å². The van der Waals surface area contributed by atoms with E-state index in [0.717, 1.165) is 11.1 Å². The van der Waals surface area contributed by atoms with Crippen LogP contribution in [0.4, 0.5) is 0 Å². The first-order valence-corrected chi connectivity index (χ1v) is 16.0. The van der Waals surface area contributed by atoms with Gasteiger partial charge in [0.1, 0.15) is 24.1 Å². The smallest absolute Gasteiger partial charge is 0.338 e. The number of aromatic nitrogens is 1. The molecule has 1 aromatic heterocycles. The highest BCUT2D eigenvalue weighted by atomic mass is 32.1. The van der Waals surface area contributed by atoms with Gasteiger partial charge in [0.25, 0.3) is 5.56 Å².